The fraction of sp³-hybridized carbons (Fsp3) is 0.722. The molecule has 2 fully saturated rings. The molecule has 0 aliphatic carbocycles. The molecule has 1 aromatic rings. The second-order valence-corrected chi connectivity index (χ2v) is 7.96. The second kappa shape index (κ2) is 5.36. The summed E-state index contributed by atoms with van der Waals surface area (Å²) in [6.45, 7) is 6.91. The average Bonchev–Trinajstić information content (AvgIpc) is 2.72. The van der Waals surface area contributed by atoms with Crippen molar-refractivity contribution in [2.45, 2.75) is 82.5 Å². The summed E-state index contributed by atoms with van der Waals surface area (Å²) in [6, 6.07) is 5.20. The number of rotatable bonds is 3. The van der Waals surface area contributed by atoms with Gasteiger partial charge >= 0.3 is 0 Å². The van der Waals surface area contributed by atoms with E-state index < -0.39 is 5.60 Å². The van der Waals surface area contributed by atoms with Gasteiger partial charge in [-0.3, -0.25) is 9.88 Å². The van der Waals surface area contributed by atoms with Crippen LogP contribution >= 0.6 is 0 Å². The number of nitrogens with zero attached hydrogens (tertiary/aromatic N) is 2. The van der Waals surface area contributed by atoms with Crippen molar-refractivity contribution in [1.29, 1.82) is 0 Å². The van der Waals surface area contributed by atoms with Crippen molar-refractivity contribution < 1.29 is 5.11 Å². The van der Waals surface area contributed by atoms with Gasteiger partial charge < -0.3 is 5.11 Å². The van der Waals surface area contributed by atoms with E-state index in [9.17, 15) is 5.11 Å². The smallest absolute Gasteiger partial charge is 0.0680 e. The monoisotopic (exact) mass is 288 g/mol. The van der Waals surface area contributed by atoms with E-state index in [0.29, 0.717) is 12.1 Å². The first-order valence-electron chi connectivity index (χ1n) is 8.27. The summed E-state index contributed by atoms with van der Waals surface area (Å²) >= 11 is 0. The van der Waals surface area contributed by atoms with Crippen molar-refractivity contribution in [2.24, 2.45) is 0 Å². The topological polar surface area (TPSA) is 36.4 Å². The molecule has 3 atom stereocenters. The number of pyridine rings is 1. The Morgan fingerprint density at radius 3 is 2.48 bits per heavy atom. The van der Waals surface area contributed by atoms with Gasteiger partial charge in [0, 0.05) is 30.0 Å². The highest BCUT2D eigenvalue weighted by Crippen LogP contribution is 2.45. The Kier molecular flexibility index (Phi) is 3.83. The van der Waals surface area contributed by atoms with E-state index in [1.165, 1.54) is 18.4 Å². The lowest BCUT2D eigenvalue weighted by atomic mass is 9.80. The summed E-state index contributed by atoms with van der Waals surface area (Å²) in [4.78, 5) is 6.83. The molecule has 3 heterocycles. The lowest BCUT2D eigenvalue weighted by Crippen LogP contribution is -2.57. The third-order valence-corrected chi connectivity index (χ3v) is 5.23. The van der Waals surface area contributed by atoms with Crippen molar-refractivity contribution in [1.82, 2.24) is 9.88 Å². The van der Waals surface area contributed by atoms with E-state index >= 15 is 0 Å². The molecule has 2 aliphatic rings. The minimum absolute atomic E-state index is 0.219. The van der Waals surface area contributed by atoms with Gasteiger partial charge in [-0.1, -0.05) is 6.07 Å². The van der Waals surface area contributed by atoms with Crippen molar-refractivity contribution >= 4 is 0 Å². The van der Waals surface area contributed by atoms with Gasteiger partial charge in [0.05, 0.1) is 5.60 Å². The summed E-state index contributed by atoms with van der Waals surface area (Å²) in [5.41, 5.74) is 0.969. The first-order valence-corrected chi connectivity index (χ1v) is 8.27. The zero-order valence-corrected chi connectivity index (χ0v) is 13.5. The SMILES string of the molecule is CC(C)(C)N1C2CC[C@@H]1C[C@@](O)(CCc1cccnc1)C2. The Balaban J connectivity index is 1.66. The number of aliphatic hydroxyl groups is 1. The minimum Gasteiger partial charge on any atom is -0.390 e. The molecule has 3 heteroatoms. The Morgan fingerprint density at radius 1 is 1.29 bits per heavy atom. The third kappa shape index (κ3) is 3.14. The molecule has 116 valence electrons. The molecule has 3 nitrogen and oxygen atoms in total. The van der Waals surface area contributed by atoms with Crippen LogP contribution < -0.4 is 0 Å². The van der Waals surface area contributed by atoms with E-state index in [1.54, 1.807) is 6.20 Å². The van der Waals surface area contributed by atoms with Crippen LogP contribution in [0.3, 0.4) is 0 Å². The summed E-state index contributed by atoms with van der Waals surface area (Å²) in [6.07, 6.45) is 9.88. The maximum absolute atomic E-state index is 11.0. The van der Waals surface area contributed by atoms with Crippen LogP contribution in [-0.4, -0.2) is 38.2 Å². The predicted molar refractivity (Wildman–Crippen MR) is 85.1 cm³/mol. The summed E-state index contributed by atoms with van der Waals surface area (Å²) in [5.74, 6) is 0. The highest BCUT2D eigenvalue weighted by Gasteiger charge is 2.50. The van der Waals surface area contributed by atoms with E-state index in [0.717, 1.165) is 25.7 Å². The minimum atomic E-state index is -0.483. The first-order chi connectivity index (χ1) is 9.87. The lowest BCUT2D eigenvalue weighted by molar-refractivity contribution is -0.0819. The Morgan fingerprint density at radius 2 is 1.95 bits per heavy atom. The van der Waals surface area contributed by atoms with Crippen LogP contribution in [0.25, 0.3) is 0 Å². The third-order valence-electron chi connectivity index (χ3n) is 5.23. The molecule has 2 bridgehead atoms. The predicted octanol–water partition coefficient (Wildman–Crippen LogP) is 3.17. The molecule has 0 aromatic carbocycles. The molecule has 1 unspecified atom stereocenters. The van der Waals surface area contributed by atoms with Gasteiger partial charge in [-0.05, 0) is 70.9 Å². The van der Waals surface area contributed by atoms with Gasteiger partial charge in [0.2, 0.25) is 0 Å². The summed E-state index contributed by atoms with van der Waals surface area (Å²) in [5, 5.41) is 11.0. The van der Waals surface area contributed by atoms with Crippen LogP contribution in [0.15, 0.2) is 24.5 Å². The molecule has 0 radical (unpaired) electrons. The maximum atomic E-state index is 11.0. The highest BCUT2D eigenvalue weighted by molar-refractivity contribution is 5.11. The zero-order valence-electron chi connectivity index (χ0n) is 13.5. The van der Waals surface area contributed by atoms with Gasteiger partial charge in [0.1, 0.15) is 0 Å². The van der Waals surface area contributed by atoms with Gasteiger partial charge in [-0.25, -0.2) is 0 Å². The number of hydrogen-bond donors (Lipinski definition) is 1. The average molecular weight is 288 g/mol. The van der Waals surface area contributed by atoms with Crippen molar-refractivity contribution in [3.63, 3.8) is 0 Å². The van der Waals surface area contributed by atoms with Crippen molar-refractivity contribution in [3.8, 4) is 0 Å². The van der Waals surface area contributed by atoms with Crippen molar-refractivity contribution in [2.75, 3.05) is 0 Å². The Labute approximate surface area is 128 Å². The molecule has 21 heavy (non-hydrogen) atoms. The van der Waals surface area contributed by atoms with Crippen LogP contribution in [0.4, 0.5) is 0 Å². The number of piperidine rings is 1. The number of hydrogen-bond acceptors (Lipinski definition) is 3. The highest BCUT2D eigenvalue weighted by atomic mass is 16.3. The quantitative estimate of drug-likeness (QED) is 0.928. The van der Waals surface area contributed by atoms with Crippen LogP contribution in [0.5, 0.6) is 0 Å². The number of aryl methyl sites for hydroxylation is 1. The molecule has 0 spiro atoms. The van der Waals surface area contributed by atoms with E-state index in [2.05, 4.69) is 36.7 Å². The summed E-state index contributed by atoms with van der Waals surface area (Å²) < 4.78 is 0. The molecule has 1 N–H and O–H groups in total. The van der Waals surface area contributed by atoms with Gasteiger partial charge in [0.15, 0.2) is 0 Å². The lowest BCUT2D eigenvalue weighted by Gasteiger charge is -2.49. The van der Waals surface area contributed by atoms with E-state index in [-0.39, 0.29) is 5.54 Å². The molecule has 2 saturated heterocycles. The van der Waals surface area contributed by atoms with Crippen LogP contribution in [0.2, 0.25) is 0 Å². The fourth-order valence-corrected chi connectivity index (χ4v) is 4.55. The van der Waals surface area contributed by atoms with Crippen LogP contribution in [0, 0.1) is 0 Å². The second-order valence-electron chi connectivity index (χ2n) is 7.96. The standard InChI is InChI=1S/C18H28N2O/c1-17(2,3)20-15-6-7-16(20)12-18(21,11-15)9-8-14-5-4-10-19-13-14/h4-5,10,13,15-16,21H,6-9,11-12H2,1-3H3/t15-,16?,18+/m1/s1. The Hall–Kier alpha value is -0.930. The zero-order chi connectivity index (χ0) is 15.1. The van der Waals surface area contributed by atoms with Crippen LogP contribution in [-0.2, 0) is 6.42 Å². The van der Waals surface area contributed by atoms with Gasteiger partial charge in [-0.15, -0.1) is 0 Å². The maximum Gasteiger partial charge on any atom is 0.0680 e. The molecule has 0 saturated carbocycles. The van der Waals surface area contributed by atoms with Gasteiger partial charge in [0.25, 0.3) is 0 Å². The van der Waals surface area contributed by atoms with Crippen LogP contribution in [0.1, 0.15) is 58.4 Å². The van der Waals surface area contributed by atoms with Crippen molar-refractivity contribution in [3.05, 3.63) is 30.1 Å². The van der Waals surface area contributed by atoms with E-state index in [1.807, 2.05) is 12.3 Å². The molecule has 0 amide bonds. The molecule has 1 aromatic heterocycles. The molecule has 2 aliphatic heterocycles. The number of fused-ring (bicyclic) bond motifs is 2. The Bertz CT molecular complexity index is 466. The molecular weight excluding hydrogens is 260 g/mol. The molecule has 3 rings (SSSR count). The van der Waals surface area contributed by atoms with Gasteiger partial charge in [-0.2, -0.15) is 0 Å². The number of aromatic nitrogens is 1. The fourth-order valence-electron chi connectivity index (χ4n) is 4.55. The largest absolute Gasteiger partial charge is 0.390 e. The normalized spacial score (nSPS) is 33.3. The first kappa shape index (κ1) is 15.0. The summed E-state index contributed by atoms with van der Waals surface area (Å²) in [7, 11) is 0. The molecular formula is C18H28N2O. The van der Waals surface area contributed by atoms with E-state index in [4.69, 9.17) is 0 Å².